The summed E-state index contributed by atoms with van der Waals surface area (Å²) in [6, 6.07) is 11.8. The molecular formula is C21H19ClN4O4. The second-order valence-electron chi connectivity index (χ2n) is 7.28. The number of carbonyl (C=O) groups is 1. The van der Waals surface area contributed by atoms with E-state index in [2.05, 4.69) is 5.16 Å². The van der Waals surface area contributed by atoms with Gasteiger partial charge in [-0.25, -0.2) is 0 Å². The number of benzene rings is 2. The fourth-order valence-corrected chi connectivity index (χ4v) is 3.70. The average Bonchev–Trinajstić information content (AvgIpc) is 3.16. The molecule has 1 aliphatic heterocycles. The quantitative estimate of drug-likeness (QED) is 0.459. The van der Waals surface area contributed by atoms with Crippen LogP contribution in [0.1, 0.15) is 21.6 Å². The van der Waals surface area contributed by atoms with Crippen LogP contribution in [0.25, 0.3) is 11.3 Å². The minimum atomic E-state index is -0.473. The molecule has 0 bridgehead atoms. The van der Waals surface area contributed by atoms with Crippen LogP contribution in [-0.4, -0.2) is 41.5 Å². The summed E-state index contributed by atoms with van der Waals surface area (Å²) in [5.74, 6) is 0.338. The standard InChI is InChI=1S/C21H19ClN4O4/c1-24(2)18-8-5-14(11-19(18)26(28)29)21(27)25-10-9-17-16(12-25)20(30-23-17)13-3-6-15(22)7-4-13/h3-8,11H,9-10,12H2,1-2H3. The number of fused-ring (bicyclic) bond motifs is 1. The number of nitrogens with zero attached hydrogens (tertiary/aromatic N) is 4. The number of aromatic nitrogens is 1. The normalized spacial score (nSPS) is 13.1. The average molecular weight is 427 g/mol. The largest absolute Gasteiger partial charge is 0.372 e. The molecule has 30 heavy (non-hydrogen) atoms. The number of nitro groups is 1. The van der Waals surface area contributed by atoms with E-state index >= 15 is 0 Å². The Kier molecular flexibility index (Phi) is 5.17. The number of nitro benzene ring substituents is 1. The highest BCUT2D eigenvalue weighted by atomic mass is 35.5. The zero-order chi connectivity index (χ0) is 21.4. The van der Waals surface area contributed by atoms with Crippen molar-refractivity contribution in [1.29, 1.82) is 0 Å². The van der Waals surface area contributed by atoms with Gasteiger partial charge in [0, 0.05) is 54.8 Å². The van der Waals surface area contributed by atoms with Crippen molar-refractivity contribution >= 4 is 28.9 Å². The summed E-state index contributed by atoms with van der Waals surface area (Å²) >= 11 is 5.96. The number of hydrogen-bond donors (Lipinski definition) is 0. The topological polar surface area (TPSA) is 92.7 Å². The third-order valence-corrected chi connectivity index (χ3v) is 5.38. The summed E-state index contributed by atoms with van der Waals surface area (Å²) in [7, 11) is 3.44. The summed E-state index contributed by atoms with van der Waals surface area (Å²) in [5.41, 5.74) is 3.11. The molecule has 3 aromatic rings. The molecule has 2 heterocycles. The number of anilines is 1. The Hall–Kier alpha value is -3.39. The van der Waals surface area contributed by atoms with Crippen molar-refractivity contribution in [3.63, 3.8) is 0 Å². The number of carbonyl (C=O) groups excluding carboxylic acids is 1. The van der Waals surface area contributed by atoms with Gasteiger partial charge in [0.15, 0.2) is 5.76 Å². The summed E-state index contributed by atoms with van der Waals surface area (Å²) in [4.78, 5) is 27.4. The maximum Gasteiger partial charge on any atom is 0.293 e. The molecule has 0 saturated heterocycles. The van der Waals surface area contributed by atoms with Crippen LogP contribution in [0.2, 0.25) is 5.02 Å². The van der Waals surface area contributed by atoms with Crippen molar-refractivity contribution in [2.24, 2.45) is 0 Å². The first-order valence-corrected chi connectivity index (χ1v) is 9.71. The van der Waals surface area contributed by atoms with E-state index in [1.54, 1.807) is 48.2 Å². The Morgan fingerprint density at radius 2 is 1.97 bits per heavy atom. The summed E-state index contributed by atoms with van der Waals surface area (Å²) in [6.45, 7) is 0.778. The van der Waals surface area contributed by atoms with Gasteiger partial charge in [0.05, 0.1) is 17.2 Å². The lowest BCUT2D eigenvalue weighted by Gasteiger charge is -2.26. The first-order valence-electron chi connectivity index (χ1n) is 9.33. The van der Waals surface area contributed by atoms with E-state index in [9.17, 15) is 14.9 Å². The smallest absolute Gasteiger partial charge is 0.293 e. The predicted molar refractivity (Wildman–Crippen MR) is 113 cm³/mol. The minimum absolute atomic E-state index is 0.102. The van der Waals surface area contributed by atoms with Gasteiger partial charge in [0.25, 0.3) is 11.6 Å². The lowest BCUT2D eigenvalue weighted by Crippen LogP contribution is -2.36. The lowest BCUT2D eigenvalue weighted by molar-refractivity contribution is -0.384. The van der Waals surface area contributed by atoms with Gasteiger partial charge in [-0.3, -0.25) is 14.9 Å². The van der Waals surface area contributed by atoms with E-state index in [4.69, 9.17) is 16.1 Å². The number of halogens is 1. The second kappa shape index (κ2) is 7.79. The van der Waals surface area contributed by atoms with Crippen LogP contribution < -0.4 is 4.90 Å². The third-order valence-electron chi connectivity index (χ3n) is 5.13. The van der Waals surface area contributed by atoms with E-state index in [0.717, 1.165) is 16.8 Å². The van der Waals surface area contributed by atoms with Gasteiger partial charge < -0.3 is 14.3 Å². The van der Waals surface area contributed by atoms with Crippen molar-refractivity contribution < 1.29 is 14.2 Å². The zero-order valence-electron chi connectivity index (χ0n) is 16.5. The highest BCUT2D eigenvalue weighted by Crippen LogP contribution is 2.33. The summed E-state index contributed by atoms with van der Waals surface area (Å²) in [6.07, 6.45) is 0.552. The molecule has 0 fully saturated rings. The molecule has 0 spiro atoms. The van der Waals surface area contributed by atoms with Gasteiger partial charge in [-0.2, -0.15) is 0 Å². The van der Waals surface area contributed by atoms with Gasteiger partial charge in [0.2, 0.25) is 0 Å². The molecular weight excluding hydrogens is 408 g/mol. The molecule has 1 amide bonds. The Balaban J connectivity index is 1.63. The van der Waals surface area contributed by atoms with Gasteiger partial charge in [-0.1, -0.05) is 16.8 Å². The van der Waals surface area contributed by atoms with Crippen LogP contribution in [0.4, 0.5) is 11.4 Å². The van der Waals surface area contributed by atoms with Gasteiger partial charge in [-0.15, -0.1) is 0 Å². The Morgan fingerprint density at radius 1 is 1.23 bits per heavy atom. The Labute approximate surface area is 177 Å². The van der Waals surface area contributed by atoms with Crippen molar-refractivity contribution in [3.8, 4) is 11.3 Å². The van der Waals surface area contributed by atoms with Crippen LogP contribution >= 0.6 is 11.6 Å². The monoisotopic (exact) mass is 426 g/mol. The van der Waals surface area contributed by atoms with Crippen LogP contribution in [-0.2, 0) is 13.0 Å². The fraction of sp³-hybridized carbons (Fsp3) is 0.238. The van der Waals surface area contributed by atoms with Crippen LogP contribution in [0.5, 0.6) is 0 Å². The number of amides is 1. The predicted octanol–water partition coefficient (Wildman–Crippen LogP) is 4.17. The molecule has 0 saturated carbocycles. The molecule has 1 aliphatic rings. The van der Waals surface area contributed by atoms with Crippen molar-refractivity contribution in [2.75, 3.05) is 25.5 Å². The molecule has 9 heteroatoms. The minimum Gasteiger partial charge on any atom is -0.372 e. The van der Waals surface area contributed by atoms with Crippen molar-refractivity contribution in [1.82, 2.24) is 10.1 Å². The maximum atomic E-state index is 13.1. The third kappa shape index (κ3) is 3.61. The van der Waals surface area contributed by atoms with E-state index in [0.29, 0.717) is 36.0 Å². The molecule has 0 radical (unpaired) electrons. The number of rotatable bonds is 4. The Morgan fingerprint density at radius 3 is 2.63 bits per heavy atom. The van der Waals surface area contributed by atoms with Crippen molar-refractivity contribution in [2.45, 2.75) is 13.0 Å². The first-order chi connectivity index (χ1) is 14.3. The molecule has 154 valence electrons. The first kappa shape index (κ1) is 19.9. The van der Waals surface area contributed by atoms with Gasteiger partial charge >= 0.3 is 0 Å². The summed E-state index contributed by atoms with van der Waals surface area (Å²) < 4.78 is 5.54. The van der Waals surface area contributed by atoms with Crippen LogP contribution in [0.3, 0.4) is 0 Å². The van der Waals surface area contributed by atoms with Crippen LogP contribution in [0, 0.1) is 10.1 Å². The molecule has 0 N–H and O–H groups in total. The van der Waals surface area contributed by atoms with Crippen LogP contribution in [0.15, 0.2) is 47.0 Å². The molecule has 0 unspecified atom stereocenters. The second-order valence-corrected chi connectivity index (χ2v) is 7.71. The van der Waals surface area contributed by atoms with E-state index < -0.39 is 4.92 Å². The van der Waals surface area contributed by atoms with E-state index in [-0.39, 0.29) is 17.2 Å². The molecule has 4 rings (SSSR count). The molecule has 0 atom stereocenters. The Bertz CT molecular complexity index is 1120. The molecule has 2 aromatic carbocycles. The summed E-state index contributed by atoms with van der Waals surface area (Å²) in [5, 5.41) is 16.2. The van der Waals surface area contributed by atoms with E-state index in [1.807, 2.05) is 12.1 Å². The maximum absolute atomic E-state index is 13.1. The SMILES string of the molecule is CN(C)c1ccc(C(=O)N2CCc3noc(-c4ccc(Cl)cc4)c3C2)cc1[N+](=O)[O-]. The van der Waals surface area contributed by atoms with Gasteiger partial charge in [-0.05, 0) is 36.4 Å². The highest BCUT2D eigenvalue weighted by Gasteiger charge is 2.29. The zero-order valence-corrected chi connectivity index (χ0v) is 17.2. The van der Waals surface area contributed by atoms with E-state index in [1.165, 1.54) is 6.07 Å². The molecule has 1 aromatic heterocycles. The van der Waals surface area contributed by atoms with Crippen molar-refractivity contribution in [3.05, 3.63) is 74.4 Å². The van der Waals surface area contributed by atoms with Gasteiger partial charge in [0.1, 0.15) is 5.69 Å². The molecule has 8 nitrogen and oxygen atoms in total. The fourth-order valence-electron chi connectivity index (χ4n) is 3.58. The highest BCUT2D eigenvalue weighted by molar-refractivity contribution is 6.30. The number of hydrogen-bond acceptors (Lipinski definition) is 6. The lowest BCUT2D eigenvalue weighted by atomic mass is 10.0. The molecule has 0 aliphatic carbocycles.